The van der Waals surface area contributed by atoms with Crippen molar-refractivity contribution in [3.8, 4) is 17.1 Å². The SMILES string of the molecule is Cc1ccc(-n2c(SCCc3ccccn3)nnc2-c2ccccc2F)cc1. The van der Waals surface area contributed by atoms with Crippen molar-refractivity contribution in [1.82, 2.24) is 19.7 Å². The molecule has 0 aliphatic carbocycles. The van der Waals surface area contributed by atoms with Crippen molar-refractivity contribution in [3.05, 3.63) is 90.0 Å². The number of thioether (sulfide) groups is 1. The maximum atomic E-state index is 14.4. The van der Waals surface area contributed by atoms with E-state index in [1.807, 2.05) is 54.0 Å². The average molecular weight is 390 g/mol. The Labute approximate surface area is 167 Å². The Balaban J connectivity index is 1.68. The van der Waals surface area contributed by atoms with E-state index < -0.39 is 0 Å². The maximum absolute atomic E-state index is 14.4. The fourth-order valence-electron chi connectivity index (χ4n) is 2.90. The number of pyridine rings is 1. The molecule has 28 heavy (non-hydrogen) atoms. The minimum Gasteiger partial charge on any atom is -0.270 e. The van der Waals surface area contributed by atoms with Crippen LogP contribution in [0.15, 0.2) is 78.1 Å². The van der Waals surface area contributed by atoms with E-state index in [4.69, 9.17) is 0 Å². The first kappa shape index (κ1) is 18.4. The van der Waals surface area contributed by atoms with Gasteiger partial charge in [-0.2, -0.15) is 0 Å². The van der Waals surface area contributed by atoms with Gasteiger partial charge in [0.05, 0.1) is 5.56 Å². The Hall–Kier alpha value is -2.99. The summed E-state index contributed by atoms with van der Waals surface area (Å²) in [7, 11) is 0. The highest BCUT2D eigenvalue weighted by molar-refractivity contribution is 7.99. The second kappa shape index (κ2) is 8.35. The lowest BCUT2D eigenvalue weighted by atomic mass is 10.2. The van der Waals surface area contributed by atoms with Crippen LogP contribution in [0, 0.1) is 12.7 Å². The molecule has 0 saturated heterocycles. The third-order valence-electron chi connectivity index (χ3n) is 4.36. The molecule has 4 nitrogen and oxygen atoms in total. The zero-order valence-corrected chi connectivity index (χ0v) is 16.2. The second-order valence-corrected chi connectivity index (χ2v) is 7.44. The summed E-state index contributed by atoms with van der Waals surface area (Å²) < 4.78 is 16.3. The van der Waals surface area contributed by atoms with E-state index in [0.29, 0.717) is 11.4 Å². The monoisotopic (exact) mass is 390 g/mol. The number of hydrogen-bond donors (Lipinski definition) is 0. The van der Waals surface area contributed by atoms with Crippen LogP contribution in [0.1, 0.15) is 11.3 Å². The fraction of sp³-hybridized carbons (Fsp3) is 0.136. The number of rotatable bonds is 6. The molecular formula is C22H19FN4S. The first-order valence-electron chi connectivity index (χ1n) is 9.02. The quantitative estimate of drug-likeness (QED) is 0.429. The van der Waals surface area contributed by atoms with Crippen molar-refractivity contribution in [2.45, 2.75) is 18.5 Å². The maximum Gasteiger partial charge on any atom is 0.196 e. The summed E-state index contributed by atoms with van der Waals surface area (Å²) in [6.45, 7) is 2.04. The zero-order chi connectivity index (χ0) is 19.3. The van der Waals surface area contributed by atoms with Crippen LogP contribution in [0.2, 0.25) is 0 Å². The van der Waals surface area contributed by atoms with Gasteiger partial charge in [-0.1, -0.05) is 47.7 Å². The molecule has 4 aromatic rings. The average Bonchev–Trinajstić information content (AvgIpc) is 3.13. The largest absolute Gasteiger partial charge is 0.270 e. The number of halogens is 1. The van der Waals surface area contributed by atoms with Crippen molar-refractivity contribution in [2.24, 2.45) is 0 Å². The minimum absolute atomic E-state index is 0.312. The number of hydrogen-bond acceptors (Lipinski definition) is 4. The van der Waals surface area contributed by atoms with Gasteiger partial charge in [0.15, 0.2) is 11.0 Å². The van der Waals surface area contributed by atoms with Gasteiger partial charge in [-0.15, -0.1) is 10.2 Å². The summed E-state index contributed by atoms with van der Waals surface area (Å²) in [5.74, 6) is 0.994. The van der Waals surface area contributed by atoms with E-state index >= 15 is 0 Å². The second-order valence-electron chi connectivity index (χ2n) is 6.38. The summed E-state index contributed by atoms with van der Waals surface area (Å²) in [4.78, 5) is 4.36. The van der Waals surface area contributed by atoms with E-state index in [0.717, 1.165) is 34.3 Å². The molecule has 2 aromatic carbocycles. The molecule has 0 spiro atoms. The Bertz CT molecular complexity index is 1060. The highest BCUT2D eigenvalue weighted by atomic mass is 32.2. The van der Waals surface area contributed by atoms with Crippen molar-refractivity contribution < 1.29 is 4.39 Å². The van der Waals surface area contributed by atoms with Gasteiger partial charge >= 0.3 is 0 Å². The van der Waals surface area contributed by atoms with Gasteiger partial charge in [-0.25, -0.2) is 4.39 Å². The van der Waals surface area contributed by atoms with Gasteiger partial charge in [0.2, 0.25) is 0 Å². The molecule has 0 radical (unpaired) electrons. The Kier molecular flexibility index (Phi) is 5.48. The standard InChI is InChI=1S/C22H19FN4S/c1-16-9-11-18(12-10-16)27-21(19-7-2-3-8-20(19)23)25-26-22(27)28-15-13-17-6-4-5-14-24-17/h2-12,14H,13,15H2,1H3. The van der Waals surface area contributed by atoms with Crippen molar-refractivity contribution in [2.75, 3.05) is 5.75 Å². The Morgan fingerprint density at radius 2 is 1.71 bits per heavy atom. The summed E-state index contributed by atoms with van der Waals surface area (Å²) in [6, 6.07) is 20.6. The van der Waals surface area contributed by atoms with Crippen molar-refractivity contribution in [3.63, 3.8) is 0 Å². The molecule has 0 N–H and O–H groups in total. The van der Waals surface area contributed by atoms with Crippen LogP contribution >= 0.6 is 11.8 Å². The third-order valence-corrected chi connectivity index (χ3v) is 5.29. The predicted octanol–water partition coefficient (Wildman–Crippen LogP) is 5.11. The van der Waals surface area contributed by atoms with Crippen LogP contribution in [0.3, 0.4) is 0 Å². The van der Waals surface area contributed by atoms with Gasteiger partial charge in [0.25, 0.3) is 0 Å². The smallest absolute Gasteiger partial charge is 0.196 e. The lowest BCUT2D eigenvalue weighted by Gasteiger charge is -2.11. The van der Waals surface area contributed by atoms with Crippen molar-refractivity contribution in [1.29, 1.82) is 0 Å². The zero-order valence-electron chi connectivity index (χ0n) is 15.4. The molecule has 0 unspecified atom stereocenters. The summed E-state index contributed by atoms with van der Waals surface area (Å²) >= 11 is 1.59. The molecule has 0 amide bonds. The highest BCUT2D eigenvalue weighted by Crippen LogP contribution is 2.29. The number of benzene rings is 2. The Morgan fingerprint density at radius 1 is 0.929 bits per heavy atom. The van der Waals surface area contributed by atoms with E-state index in [-0.39, 0.29) is 5.82 Å². The van der Waals surface area contributed by atoms with Crippen LogP contribution in [-0.4, -0.2) is 25.5 Å². The van der Waals surface area contributed by atoms with Gasteiger partial charge in [0.1, 0.15) is 5.82 Å². The van der Waals surface area contributed by atoms with Crippen LogP contribution in [0.25, 0.3) is 17.1 Å². The van der Waals surface area contributed by atoms with Gasteiger partial charge in [-0.05, 0) is 49.7 Å². The molecule has 0 bridgehead atoms. The van der Waals surface area contributed by atoms with E-state index in [1.54, 1.807) is 36.2 Å². The molecule has 140 valence electrons. The first-order chi connectivity index (χ1) is 13.7. The van der Waals surface area contributed by atoms with Gasteiger partial charge in [0, 0.05) is 23.3 Å². The highest BCUT2D eigenvalue weighted by Gasteiger charge is 2.18. The van der Waals surface area contributed by atoms with Crippen LogP contribution in [-0.2, 0) is 6.42 Å². The topological polar surface area (TPSA) is 43.6 Å². The molecule has 0 aliphatic heterocycles. The molecule has 2 aromatic heterocycles. The first-order valence-corrected chi connectivity index (χ1v) is 10.0. The molecule has 0 fully saturated rings. The van der Waals surface area contributed by atoms with Crippen LogP contribution < -0.4 is 0 Å². The van der Waals surface area contributed by atoms with E-state index in [9.17, 15) is 4.39 Å². The van der Waals surface area contributed by atoms with Crippen LogP contribution in [0.4, 0.5) is 4.39 Å². The number of nitrogens with zero attached hydrogens (tertiary/aromatic N) is 4. The molecule has 0 atom stereocenters. The van der Waals surface area contributed by atoms with Gasteiger partial charge in [-0.3, -0.25) is 9.55 Å². The van der Waals surface area contributed by atoms with E-state index in [2.05, 4.69) is 15.2 Å². The number of aryl methyl sites for hydroxylation is 2. The van der Waals surface area contributed by atoms with Crippen LogP contribution in [0.5, 0.6) is 0 Å². The fourth-order valence-corrected chi connectivity index (χ4v) is 3.81. The molecule has 4 rings (SSSR count). The van der Waals surface area contributed by atoms with E-state index in [1.165, 1.54) is 6.07 Å². The molecule has 6 heteroatoms. The third kappa shape index (κ3) is 3.97. The lowest BCUT2D eigenvalue weighted by molar-refractivity contribution is 0.629. The number of aromatic nitrogens is 4. The molecular weight excluding hydrogens is 371 g/mol. The molecule has 0 saturated carbocycles. The van der Waals surface area contributed by atoms with Gasteiger partial charge < -0.3 is 0 Å². The summed E-state index contributed by atoms with van der Waals surface area (Å²) in [5.41, 5.74) is 3.54. The summed E-state index contributed by atoms with van der Waals surface area (Å²) in [6.07, 6.45) is 2.62. The Morgan fingerprint density at radius 3 is 2.46 bits per heavy atom. The van der Waals surface area contributed by atoms with Crippen molar-refractivity contribution >= 4 is 11.8 Å². The minimum atomic E-state index is -0.312. The normalized spacial score (nSPS) is 10.9. The predicted molar refractivity (Wildman–Crippen MR) is 110 cm³/mol. The molecule has 2 heterocycles. The summed E-state index contributed by atoms with van der Waals surface area (Å²) in [5, 5.41) is 9.39. The lowest BCUT2D eigenvalue weighted by Crippen LogP contribution is -2.02. The molecule has 0 aliphatic rings.